The zero-order chi connectivity index (χ0) is 34.8. The summed E-state index contributed by atoms with van der Waals surface area (Å²) in [5, 5.41) is 10.6. The number of hydrogen-bond donors (Lipinski definition) is 1. The summed E-state index contributed by atoms with van der Waals surface area (Å²) in [5.41, 5.74) is 10.3. The summed E-state index contributed by atoms with van der Waals surface area (Å²) >= 11 is 14.5. The lowest BCUT2D eigenvalue weighted by Gasteiger charge is -2.42. The van der Waals surface area contributed by atoms with Crippen LogP contribution in [0.25, 0.3) is 33.4 Å². The van der Waals surface area contributed by atoms with Gasteiger partial charge < -0.3 is 14.6 Å². The average molecular weight is 712 g/mol. The van der Waals surface area contributed by atoms with Crippen molar-refractivity contribution in [2.45, 2.75) is 44.7 Å². The Hall–Kier alpha value is -3.88. The number of carboxylic acid groups (broad SMARTS) is 1. The SMILES string of the molecule is COc1cc(-c2cccc(-c3cccc(-c4cc5c(c(OC)c4)[C@@H](N4CC(C(C)=O)C4)CC5)c3Cl)c2Cl)cc2c1[C@H](N1CC(C(=O)O)C1)CC2. The molecule has 2 heterocycles. The van der Waals surface area contributed by atoms with Crippen LogP contribution in [-0.2, 0) is 22.4 Å². The molecular weight excluding hydrogens is 671 g/mol. The molecule has 0 amide bonds. The normalized spacial score (nSPS) is 20.6. The maximum Gasteiger partial charge on any atom is 0.309 e. The number of nitrogens with zero attached hydrogens (tertiary/aromatic N) is 2. The van der Waals surface area contributed by atoms with Gasteiger partial charge in [-0.15, -0.1) is 0 Å². The van der Waals surface area contributed by atoms with E-state index in [-0.39, 0.29) is 29.7 Å². The maximum atomic E-state index is 11.9. The Balaban J connectivity index is 1.11. The number of fused-ring (bicyclic) bond motifs is 2. The summed E-state index contributed by atoms with van der Waals surface area (Å²) in [4.78, 5) is 28.0. The minimum Gasteiger partial charge on any atom is -0.496 e. The van der Waals surface area contributed by atoms with Crippen LogP contribution >= 0.6 is 23.2 Å². The lowest BCUT2D eigenvalue weighted by Crippen LogP contribution is -2.51. The number of benzene rings is 4. The third kappa shape index (κ3) is 5.50. The molecule has 9 heteroatoms. The van der Waals surface area contributed by atoms with Gasteiger partial charge in [0, 0.05) is 77.6 Å². The van der Waals surface area contributed by atoms with E-state index in [2.05, 4.69) is 34.1 Å². The summed E-state index contributed by atoms with van der Waals surface area (Å²) in [5.74, 6) is 1.04. The predicted molar refractivity (Wildman–Crippen MR) is 196 cm³/mol. The number of halogens is 2. The van der Waals surface area contributed by atoms with E-state index in [4.69, 9.17) is 32.7 Å². The van der Waals surface area contributed by atoms with Crippen molar-refractivity contribution in [1.82, 2.24) is 9.80 Å². The maximum absolute atomic E-state index is 11.9. The second kappa shape index (κ2) is 13.0. The van der Waals surface area contributed by atoms with Gasteiger partial charge in [-0.25, -0.2) is 0 Å². The number of ether oxygens (including phenoxy) is 2. The van der Waals surface area contributed by atoms with E-state index in [0.29, 0.717) is 23.1 Å². The molecule has 4 aliphatic rings. The number of likely N-dealkylation sites (tertiary alicyclic amines) is 2. The zero-order valence-corrected chi connectivity index (χ0v) is 30.0. The topological polar surface area (TPSA) is 79.3 Å². The Morgan fingerprint density at radius 1 is 0.680 bits per heavy atom. The summed E-state index contributed by atoms with van der Waals surface area (Å²) in [6.45, 7) is 4.44. The van der Waals surface area contributed by atoms with Crippen molar-refractivity contribution < 1.29 is 24.2 Å². The van der Waals surface area contributed by atoms with Gasteiger partial charge in [0.1, 0.15) is 17.3 Å². The summed E-state index contributed by atoms with van der Waals surface area (Å²) in [6.07, 6.45) is 3.78. The quantitative estimate of drug-likeness (QED) is 0.187. The molecule has 4 aromatic rings. The Labute approximate surface area is 302 Å². The molecule has 0 spiro atoms. The highest BCUT2D eigenvalue weighted by Crippen LogP contribution is 2.50. The van der Waals surface area contributed by atoms with Gasteiger partial charge in [-0.2, -0.15) is 0 Å². The van der Waals surface area contributed by atoms with Gasteiger partial charge in [0.15, 0.2) is 0 Å². The monoisotopic (exact) mass is 710 g/mol. The molecule has 0 unspecified atom stereocenters. The van der Waals surface area contributed by atoms with Crippen molar-refractivity contribution in [1.29, 1.82) is 0 Å². The van der Waals surface area contributed by atoms with Gasteiger partial charge >= 0.3 is 5.97 Å². The van der Waals surface area contributed by atoms with Crippen LogP contribution in [-0.4, -0.2) is 67.1 Å². The molecule has 2 fully saturated rings. The minimum absolute atomic E-state index is 0.138. The largest absolute Gasteiger partial charge is 0.496 e. The molecule has 0 saturated carbocycles. The predicted octanol–water partition coefficient (Wildman–Crippen LogP) is 8.52. The first-order valence-electron chi connectivity index (χ1n) is 17.4. The molecule has 7 nitrogen and oxygen atoms in total. The molecular formula is C41H40Cl2N2O5. The lowest BCUT2D eigenvalue weighted by molar-refractivity contribution is -0.148. The molecule has 2 aliphatic carbocycles. The Bertz CT molecular complexity index is 1890. The molecule has 0 bridgehead atoms. The molecule has 1 N–H and O–H groups in total. The number of carbonyl (C=O) groups excluding carboxylic acids is 1. The van der Waals surface area contributed by atoms with Gasteiger partial charge in [-0.1, -0.05) is 71.7 Å². The summed E-state index contributed by atoms with van der Waals surface area (Å²) < 4.78 is 11.9. The van der Waals surface area contributed by atoms with E-state index >= 15 is 0 Å². The fraction of sp³-hybridized carbons (Fsp3) is 0.366. The van der Waals surface area contributed by atoms with Crippen molar-refractivity contribution in [3.63, 3.8) is 0 Å². The molecule has 2 aliphatic heterocycles. The molecule has 0 aromatic heterocycles. The van der Waals surface area contributed by atoms with E-state index < -0.39 is 5.97 Å². The first-order chi connectivity index (χ1) is 24.2. The number of Topliss-reactive ketones (excluding diaryl/α,β-unsaturated/α-hetero) is 1. The molecule has 50 heavy (non-hydrogen) atoms. The van der Waals surface area contributed by atoms with Crippen molar-refractivity contribution in [3.05, 3.63) is 93.0 Å². The lowest BCUT2D eigenvalue weighted by atomic mass is 9.91. The first-order valence-corrected chi connectivity index (χ1v) is 18.1. The van der Waals surface area contributed by atoms with Crippen LogP contribution in [0, 0.1) is 11.8 Å². The Morgan fingerprint density at radius 2 is 1.10 bits per heavy atom. The van der Waals surface area contributed by atoms with Crippen LogP contribution in [0.15, 0.2) is 60.7 Å². The number of methoxy groups -OCH3 is 2. The molecule has 2 atom stereocenters. The highest BCUT2D eigenvalue weighted by molar-refractivity contribution is 6.39. The number of ketones is 1. The second-order valence-corrected chi connectivity index (χ2v) is 15.0. The van der Waals surface area contributed by atoms with Crippen LogP contribution in [0.5, 0.6) is 11.5 Å². The van der Waals surface area contributed by atoms with E-state index in [0.717, 1.165) is 89.2 Å². The third-order valence-electron chi connectivity index (χ3n) is 11.5. The smallest absolute Gasteiger partial charge is 0.309 e. The van der Waals surface area contributed by atoms with Crippen LogP contribution in [0.3, 0.4) is 0 Å². The Morgan fingerprint density at radius 3 is 1.50 bits per heavy atom. The van der Waals surface area contributed by atoms with Gasteiger partial charge in [0.25, 0.3) is 0 Å². The Kier molecular flexibility index (Phi) is 8.67. The number of aliphatic carboxylic acids is 1. The third-order valence-corrected chi connectivity index (χ3v) is 12.3. The number of rotatable bonds is 9. The van der Waals surface area contributed by atoms with Crippen molar-refractivity contribution in [2.75, 3.05) is 40.4 Å². The highest BCUT2D eigenvalue weighted by atomic mass is 35.5. The number of aryl methyl sites for hydroxylation is 2. The van der Waals surface area contributed by atoms with Crippen LogP contribution in [0.1, 0.15) is 54.1 Å². The molecule has 258 valence electrons. The summed E-state index contributed by atoms with van der Waals surface area (Å²) in [7, 11) is 3.41. The fourth-order valence-corrected chi connectivity index (χ4v) is 9.34. The molecule has 8 rings (SSSR count). The zero-order valence-electron chi connectivity index (χ0n) is 28.5. The van der Waals surface area contributed by atoms with Crippen molar-refractivity contribution in [3.8, 4) is 44.9 Å². The number of carbonyl (C=O) groups is 2. The average Bonchev–Trinajstić information content (AvgIpc) is 3.67. The van der Waals surface area contributed by atoms with Crippen LogP contribution < -0.4 is 9.47 Å². The highest BCUT2D eigenvalue weighted by Gasteiger charge is 2.42. The van der Waals surface area contributed by atoms with Gasteiger partial charge in [-0.05, 0) is 67.0 Å². The molecule has 2 saturated heterocycles. The van der Waals surface area contributed by atoms with Gasteiger partial charge in [-0.3, -0.25) is 19.4 Å². The first kappa shape index (κ1) is 33.3. The van der Waals surface area contributed by atoms with Crippen LogP contribution in [0.4, 0.5) is 0 Å². The van der Waals surface area contributed by atoms with Crippen molar-refractivity contribution >= 4 is 35.0 Å². The minimum atomic E-state index is -0.727. The van der Waals surface area contributed by atoms with Crippen molar-refractivity contribution in [2.24, 2.45) is 11.8 Å². The fourth-order valence-electron chi connectivity index (χ4n) is 8.66. The molecule has 4 aromatic carbocycles. The number of hydrogen-bond acceptors (Lipinski definition) is 6. The van der Waals surface area contributed by atoms with E-state index in [1.54, 1.807) is 21.1 Å². The van der Waals surface area contributed by atoms with Gasteiger partial charge in [0.2, 0.25) is 0 Å². The van der Waals surface area contributed by atoms with E-state index in [1.807, 2.05) is 36.4 Å². The van der Waals surface area contributed by atoms with E-state index in [9.17, 15) is 14.7 Å². The van der Waals surface area contributed by atoms with Crippen LogP contribution in [0.2, 0.25) is 10.0 Å². The second-order valence-electron chi connectivity index (χ2n) is 14.2. The van der Waals surface area contributed by atoms with Gasteiger partial charge in [0.05, 0.1) is 30.2 Å². The number of carboxylic acids is 1. The van der Waals surface area contributed by atoms with E-state index in [1.165, 1.54) is 16.7 Å². The summed E-state index contributed by atoms with van der Waals surface area (Å²) in [6, 6.07) is 21.1. The standard InChI is InChI=1S/C41H40Cl2N2O5/c1-22(46)27-18-44(19-27)33-12-10-23-14-25(16-35(49-2)37(23)33)29-6-4-8-31(39(29)42)32-9-5-7-30(40(32)43)26-15-24-11-13-34(38(24)36(17-26)50-3)45-20-28(21-45)41(47)48/h4-9,14-17,27-28,33-34H,10-13,18-21H2,1-3H3,(H,47,48)/t33-,34+/m0/s1. The molecule has 0 radical (unpaired) electrons.